The highest BCUT2D eigenvalue weighted by atomic mass is 16.5. The highest BCUT2D eigenvalue weighted by Crippen LogP contribution is 2.22. The first kappa shape index (κ1) is 13.2. The predicted octanol–water partition coefficient (Wildman–Crippen LogP) is 1.59. The average molecular weight is 250 g/mol. The van der Waals surface area contributed by atoms with Crippen molar-refractivity contribution in [3.8, 4) is 11.5 Å². The van der Waals surface area contributed by atoms with Crippen LogP contribution in [0.3, 0.4) is 0 Å². The molecule has 0 amide bonds. The third-order valence-corrected chi connectivity index (χ3v) is 3.41. The van der Waals surface area contributed by atoms with Crippen LogP contribution in [-0.4, -0.2) is 43.3 Å². The first-order chi connectivity index (χ1) is 8.79. The van der Waals surface area contributed by atoms with E-state index in [9.17, 15) is 5.11 Å². The normalized spacial score (nSPS) is 16.1. The molecule has 0 spiro atoms. The maximum atomic E-state index is 9.80. The SMILES string of the molecule is COc1ccc(CNCCN2CCCC2)c(O)c1. The van der Waals surface area contributed by atoms with Crippen molar-refractivity contribution in [3.05, 3.63) is 23.8 Å². The quantitative estimate of drug-likeness (QED) is 0.753. The van der Waals surface area contributed by atoms with Gasteiger partial charge in [0.25, 0.3) is 0 Å². The Kier molecular flexibility index (Phi) is 4.84. The van der Waals surface area contributed by atoms with Crippen LogP contribution < -0.4 is 10.1 Å². The molecule has 0 bridgehead atoms. The number of hydrogen-bond acceptors (Lipinski definition) is 4. The Morgan fingerprint density at radius 2 is 2.11 bits per heavy atom. The molecule has 1 fully saturated rings. The number of ether oxygens (including phenoxy) is 1. The monoisotopic (exact) mass is 250 g/mol. The number of likely N-dealkylation sites (tertiary alicyclic amines) is 1. The Balaban J connectivity index is 1.72. The zero-order valence-electron chi connectivity index (χ0n) is 11.0. The summed E-state index contributed by atoms with van der Waals surface area (Å²) in [5.74, 6) is 0.983. The summed E-state index contributed by atoms with van der Waals surface area (Å²) in [6.45, 7) is 5.22. The molecule has 0 unspecified atom stereocenters. The van der Waals surface area contributed by atoms with Gasteiger partial charge in [-0.15, -0.1) is 0 Å². The van der Waals surface area contributed by atoms with Gasteiger partial charge in [0.2, 0.25) is 0 Å². The third kappa shape index (κ3) is 3.62. The summed E-state index contributed by atoms with van der Waals surface area (Å²) in [6, 6.07) is 5.42. The number of phenols is 1. The lowest BCUT2D eigenvalue weighted by Gasteiger charge is -2.15. The van der Waals surface area contributed by atoms with E-state index in [2.05, 4.69) is 10.2 Å². The van der Waals surface area contributed by atoms with Crippen molar-refractivity contribution in [2.45, 2.75) is 19.4 Å². The van der Waals surface area contributed by atoms with Crippen LogP contribution in [-0.2, 0) is 6.54 Å². The minimum absolute atomic E-state index is 0.294. The van der Waals surface area contributed by atoms with Gasteiger partial charge in [-0.2, -0.15) is 0 Å². The van der Waals surface area contributed by atoms with Crippen LogP contribution in [0.25, 0.3) is 0 Å². The molecule has 1 aromatic rings. The molecule has 100 valence electrons. The number of rotatable bonds is 6. The number of nitrogens with one attached hydrogen (secondary N) is 1. The smallest absolute Gasteiger partial charge is 0.123 e. The molecule has 2 rings (SSSR count). The van der Waals surface area contributed by atoms with Crippen molar-refractivity contribution in [2.75, 3.05) is 33.3 Å². The molecule has 0 saturated carbocycles. The van der Waals surface area contributed by atoms with Crippen LogP contribution in [0.4, 0.5) is 0 Å². The Hall–Kier alpha value is -1.26. The van der Waals surface area contributed by atoms with Crippen LogP contribution in [0.15, 0.2) is 18.2 Å². The van der Waals surface area contributed by atoms with Gasteiger partial charge in [0, 0.05) is 31.3 Å². The van der Waals surface area contributed by atoms with Crippen molar-refractivity contribution in [3.63, 3.8) is 0 Å². The number of hydrogen-bond donors (Lipinski definition) is 2. The lowest BCUT2D eigenvalue weighted by atomic mass is 10.2. The van der Waals surface area contributed by atoms with Crippen LogP contribution in [0, 0.1) is 0 Å². The van der Waals surface area contributed by atoms with E-state index in [1.165, 1.54) is 25.9 Å². The Labute approximate surface area is 109 Å². The van der Waals surface area contributed by atoms with E-state index < -0.39 is 0 Å². The predicted molar refractivity (Wildman–Crippen MR) is 72.0 cm³/mol. The maximum absolute atomic E-state index is 9.80. The molecule has 0 atom stereocenters. The molecule has 0 radical (unpaired) electrons. The fourth-order valence-electron chi connectivity index (χ4n) is 2.29. The highest BCUT2D eigenvalue weighted by molar-refractivity contribution is 5.39. The Morgan fingerprint density at radius 3 is 2.78 bits per heavy atom. The zero-order chi connectivity index (χ0) is 12.8. The van der Waals surface area contributed by atoms with E-state index in [0.29, 0.717) is 18.0 Å². The summed E-state index contributed by atoms with van der Waals surface area (Å²) in [7, 11) is 1.60. The zero-order valence-corrected chi connectivity index (χ0v) is 11.0. The molecule has 1 aliphatic rings. The minimum atomic E-state index is 0.294. The van der Waals surface area contributed by atoms with Gasteiger partial charge in [-0.05, 0) is 32.0 Å². The van der Waals surface area contributed by atoms with E-state index >= 15 is 0 Å². The number of aromatic hydroxyl groups is 1. The van der Waals surface area contributed by atoms with Gasteiger partial charge in [-0.1, -0.05) is 6.07 Å². The Bertz CT molecular complexity index is 376. The summed E-state index contributed by atoms with van der Waals surface area (Å²) >= 11 is 0. The third-order valence-electron chi connectivity index (χ3n) is 3.41. The number of phenolic OH excluding ortho intramolecular Hbond substituents is 1. The van der Waals surface area contributed by atoms with Crippen molar-refractivity contribution in [1.82, 2.24) is 10.2 Å². The average Bonchev–Trinajstić information content (AvgIpc) is 2.89. The maximum Gasteiger partial charge on any atom is 0.123 e. The van der Waals surface area contributed by atoms with Gasteiger partial charge in [0.15, 0.2) is 0 Å². The second-order valence-electron chi connectivity index (χ2n) is 4.72. The first-order valence-electron chi connectivity index (χ1n) is 6.58. The Morgan fingerprint density at radius 1 is 1.33 bits per heavy atom. The standard InChI is InChI=1S/C14H22N2O2/c1-18-13-5-4-12(14(17)10-13)11-15-6-9-16-7-2-3-8-16/h4-5,10,15,17H,2-3,6-9,11H2,1H3. The molecule has 1 aromatic carbocycles. The molecule has 1 saturated heterocycles. The molecule has 1 heterocycles. The molecule has 2 N–H and O–H groups in total. The van der Waals surface area contributed by atoms with Gasteiger partial charge in [0.1, 0.15) is 11.5 Å². The van der Waals surface area contributed by atoms with Crippen LogP contribution in [0.1, 0.15) is 18.4 Å². The minimum Gasteiger partial charge on any atom is -0.507 e. The van der Waals surface area contributed by atoms with E-state index in [0.717, 1.165) is 18.7 Å². The summed E-state index contributed by atoms with van der Waals surface area (Å²) in [4.78, 5) is 2.47. The lowest BCUT2D eigenvalue weighted by Crippen LogP contribution is -2.29. The molecule has 4 heteroatoms. The van der Waals surface area contributed by atoms with Crippen LogP contribution >= 0.6 is 0 Å². The lowest BCUT2D eigenvalue weighted by molar-refractivity contribution is 0.335. The molecule has 0 aromatic heterocycles. The summed E-state index contributed by atoms with van der Waals surface area (Å²) in [6.07, 6.45) is 2.67. The van der Waals surface area contributed by atoms with Crippen molar-refractivity contribution in [1.29, 1.82) is 0 Å². The van der Waals surface area contributed by atoms with E-state index in [1.54, 1.807) is 13.2 Å². The second-order valence-corrected chi connectivity index (χ2v) is 4.72. The largest absolute Gasteiger partial charge is 0.507 e. The second kappa shape index (κ2) is 6.61. The van der Waals surface area contributed by atoms with Gasteiger partial charge in [-0.25, -0.2) is 0 Å². The van der Waals surface area contributed by atoms with Gasteiger partial charge < -0.3 is 20.1 Å². The van der Waals surface area contributed by atoms with E-state index in [4.69, 9.17) is 4.74 Å². The molecule has 18 heavy (non-hydrogen) atoms. The number of benzene rings is 1. The fraction of sp³-hybridized carbons (Fsp3) is 0.571. The van der Waals surface area contributed by atoms with Gasteiger partial charge in [0.05, 0.1) is 7.11 Å². The molecular weight excluding hydrogens is 228 g/mol. The van der Waals surface area contributed by atoms with E-state index in [-0.39, 0.29) is 0 Å². The molecule has 4 nitrogen and oxygen atoms in total. The summed E-state index contributed by atoms with van der Waals surface area (Å²) in [5.41, 5.74) is 0.914. The van der Waals surface area contributed by atoms with Crippen LogP contribution in [0.2, 0.25) is 0 Å². The topological polar surface area (TPSA) is 44.7 Å². The first-order valence-corrected chi connectivity index (χ1v) is 6.58. The van der Waals surface area contributed by atoms with Crippen molar-refractivity contribution < 1.29 is 9.84 Å². The van der Waals surface area contributed by atoms with Gasteiger partial charge >= 0.3 is 0 Å². The van der Waals surface area contributed by atoms with Crippen LogP contribution in [0.5, 0.6) is 11.5 Å². The van der Waals surface area contributed by atoms with Crippen molar-refractivity contribution >= 4 is 0 Å². The van der Waals surface area contributed by atoms with Crippen molar-refractivity contribution in [2.24, 2.45) is 0 Å². The summed E-state index contributed by atoms with van der Waals surface area (Å²) in [5, 5.41) is 13.2. The molecule has 0 aliphatic carbocycles. The molecular formula is C14H22N2O2. The highest BCUT2D eigenvalue weighted by Gasteiger charge is 2.10. The number of methoxy groups -OCH3 is 1. The van der Waals surface area contributed by atoms with E-state index in [1.807, 2.05) is 12.1 Å². The van der Waals surface area contributed by atoms with Gasteiger partial charge in [-0.3, -0.25) is 0 Å². The fourth-order valence-corrected chi connectivity index (χ4v) is 2.29. The molecule has 1 aliphatic heterocycles. The number of nitrogens with zero attached hydrogens (tertiary/aromatic N) is 1. The summed E-state index contributed by atoms with van der Waals surface area (Å²) < 4.78 is 5.06.